The second kappa shape index (κ2) is 3.61. The van der Waals surface area contributed by atoms with Gasteiger partial charge in [-0.1, -0.05) is 0 Å². The average Bonchev–Trinajstić information content (AvgIpc) is 2.61. The number of rotatable bonds is 2. The van der Waals surface area contributed by atoms with E-state index < -0.39 is 0 Å². The second-order valence-electron chi connectivity index (χ2n) is 3.16. The van der Waals surface area contributed by atoms with Gasteiger partial charge in [0, 0.05) is 18.8 Å². The summed E-state index contributed by atoms with van der Waals surface area (Å²) in [5.41, 5.74) is 8.37. The Morgan fingerprint density at radius 2 is 2.00 bits per heavy atom. The van der Waals surface area contributed by atoms with Crippen LogP contribution in [0.25, 0.3) is 11.3 Å². The number of imidazole rings is 1. The van der Waals surface area contributed by atoms with Crippen molar-refractivity contribution in [3.63, 3.8) is 0 Å². The molecule has 0 spiro atoms. The molecule has 0 radical (unpaired) electrons. The van der Waals surface area contributed by atoms with E-state index in [9.17, 15) is 4.39 Å². The SMILES string of the molecule is Cn1cc(-c2ccc(F)cc2)nc1N=N. The Morgan fingerprint density at radius 3 is 2.53 bits per heavy atom. The predicted octanol–water partition coefficient (Wildman–Crippen LogP) is 2.89. The first-order valence-electron chi connectivity index (χ1n) is 4.37. The molecule has 0 saturated carbocycles. The first-order valence-corrected chi connectivity index (χ1v) is 4.37. The van der Waals surface area contributed by atoms with Gasteiger partial charge in [-0.2, -0.15) is 0 Å². The molecule has 4 nitrogen and oxygen atoms in total. The molecule has 0 fully saturated rings. The van der Waals surface area contributed by atoms with Gasteiger partial charge in [0.2, 0.25) is 5.95 Å². The molecule has 1 aromatic carbocycles. The fourth-order valence-electron chi connectivity index (χ4n) is 1.32. The van der Waals surface area contributed by atoms with Gasteiger partial charge in [0.05, 0.1) is 5.69 Å². The Morgan fingerprint density at radius 1 is 1.33 bits per heavy atom. The molecule has 1 N–H and O–H groups in total. The Hall–Kier alpha value is -2.04. The summed E-state index contributed by atoms with van der Waals surface area (Å²) in [5, 5.41) is 3.26. The zero-order valence-corrected chi connectivity index (χ0v) is 8.11. The zero-order valence-electron chi connectivity index (χ0n) is 8.11. The van der Waals surface area contributed by atoms with Crippen LogP contribution in [0, 0.1) is 11.3 Å². The molecule has 0 saturated heterocycles. The number of halogens is 1. The van der Waals surface area contributed by atoms with Crippen molar-refractivity contribution in [3.8, 4) is 11.3 Å². The molecule has 1 heterocycles. The molecular weight excluding hydrogens is 195 g/mol. The Balaban J connectivity index is 2.45. The van der Waals surface area contributed by atoms with Crippen molar-refractivity contribution in [3.05, 3.63) is 36.3 Å². The molecule has 0 unspecified atom stereocenters. The Bertz CT molecular complexity index is 487. The minimum absolute atomic E-state index is 0.278. The molecule has 5 heteroatoms. The average molecular weight is 204 g/mol. The van der Waals surface area contributed by atoms with Gasteiger partial charge in [-0.15, -0.1) is 5.11 Å². The van der Waals surface area contributed by atoms with E-state index in [1.165, 1.54) is 12.1 Å². The molecule has 2 rings (SSSR count). The Kier molecular flexibility index (Phi) is 2.29. The minimum Gasteiger partial charge on any atom is -0.317 e. The van der Waals surface area contributed by atoms with Crippen LogP contribution in [-0.4, -0.2) is 9.55 Å². The van der Waals surface area contributed by atoms with E-state index >= 15 is 0 Å². The molecule has 0 aliphatic heterocycles. The van der Waals surface area contributed by atoms with Crippen LogP contribution in [0.2, 0.25) is 0 Å². The number of hydrogen-bond donors (Lipinski definition) is 1. The van der Waals surface area contributed by atoms with Gasteiger partial charge in [0.25, 0.3) is 0 Å². The molecule has 0 amide bonds. The lowest BCUT2D eigenvalue weighted by Gasteiger charge is -1.94. The second-order valence-corrected chi connectivity index (χ2v) is 3.16. The smallest absolute Gasteiger partial charge is 0.249 e. The normalized spacial score (nSPS) is 10.3. The van der Waals surface area contributed by atoms with Crippen LogP contribution in [0.15, 0.2) is 35.6 Å². The van der Waals surface area contributed by atoms with E-state index in [2.05, 4.69) is 10.1 Å². The van der Waals surface area contributed by atoms with E-state index in [0.717, 1.165) is 5.56 Å². The van der Waals surface area contributed by atoms with Crippen LogP contribution in [0.3, 0.4) is 0 Å². The number of benzene rings is 1. The van der Waals surface area contributed by atoms with Gasteiger partial charge < -0.3 is 4.57 Å². The quantitative estimate of drug-likeness (QED) is 0.751. The van der Waals surface area contributed by atoms with Crippen molar-refractivity contribution < 1.29 is 4.39 Å². The molecule has 76 valence electrons. The highest BCUT2D eigenvalue weighted by molar-refractivity contribution is 5.59. The number of nitrogens with one attached hydrogen (secondary N) is 1. The summed E-state index contributed by atoms with van der Waals surface area (Å²) in [5.74, 6) is 0.0504. The van der Waals surface area contributed by atoms with E-state index in [1.54, 1.807) is 29.9 Å². The summed E-state index contributed by atoms with van der Waals surface area (Å²) in [4.78, 5) is 4.11. The molecule has 0 bridgehead atoms. The van der Waals surface area contributed by atoms with Crippen molar-refractivity contribution in [2.24, 2.45) is 12.2 Å². The summed E-state index contributed by atoms with van der Waals surface area (Å²) >= 11 is 0. The summed E-state index contributed by atoms with van der Waals surface area (Å²) in [6, 6.07) is 6.04. The molecule has 0 aliphatic carbocycles. The first kappa shape index (κ1) is 9.51. The van der Waals surface area contributed by atoms with E-state index in [4.69, 9.17) is 5.53 Å². The van der Waals surface area contributed by atoms with Crippen LogP contribution in [-0.2, 0) is 7.05 Å². The highest BCUT2D eigenvalue weighted by Crippen LogP contribution is 2.21. The van der Waals surface area contributed by atoms with Crippen LogP contribution in [0.4, 0.5) is 10.3 Å². The van der Waals surface area contributed by atoms with Crippen LogP contribution >= 0.6 is 0 Å². The number of hydrogen-bond acceptors (Lipinski definition) is 3. The summed E-state index contributed by atoms with van der Waals surface area (Å²) in [6.07, 6.45) is 1.75. The molecule has 15 heavy (non-hydrogen) atoms. The van der Waals surface area contributed by atoms with Crippen LogP contribution < -0.4 is 0 Å². The topological polar surface area (TPSA) is 54.0 Å². The highest BCUT2D eigenvalue weighted by atomic mass is 19.1. The fraction of sp³-hybridized carbons (Fsp3) is 0.100. The first-order chi connectivity index (χ1) is 7.20. The van der Waals surface area contributed by atoms with Gasteiger partial charge in [-0.05, 0) is 24.3 Å². The van der Waals surface area contributed by atoms with Gasteiger partial charge in [-0.3, -0.25) is 0 Å². The summed E-state index contributed by atoms with van der Waals surface area (Å²) in [6.45, 7) is 0. The van der Waals surface area contributed by atoms with Gasteiger partial charge in [-0.25, -0.2) is 14.9 Å². The predicted molar refractivity (Wildman–Crippen MR) is 53.4 cm³/mol. The van der Waals surface area contributed by atoms with E-state index in [1.807, 2.05) is 0 Å². The van der Waals surface area contributed by atoms with Crippen molar-refractivity contribution >= 4 is 5.95 Å². The third kappa shape index (κ3) is 1.76. The van der Waals surface area contributed by atoms with Gasteiger partial charge >= 0.3 is 0 Å². The Labute approximate surface area is 85.9 Å². The number of aromatic nitrogens is 2. The van der Waals surface area contributed by atoms with Gasteiger partial charge in [0.1, 0.15) is 5.82 Å². The third-order valence-corrected chi connectivity index (χ3v) is 2.09. The van der Waals surface area contributed by atoms with Gasteiger partial charge in [0.15, 0.2) is 0 Å². The van der Waals surface area contributed by atoms with Crippen LogP contribution in [0.5, 0.6) is 0 Å². The largest absolute Gasteiger partial charge is 0.317 e. The minimum atomic E-state index is -0.278. The van der Waals surface area contributed by atoms with E-state index in [-0.39, 0.29) is 5.82 Å². The standard InChI is InChI=1S/C10H9FN4/c1-15-6-9(13-10(15)14-12)7-2-4-8(11)5-3-7/h2-6,12H,1H3. The zero-order chi connectivity index (χ0) is 10.8. The monoisotopic (exact) mass is 204 g/mol. The maximum atomic E-state index is 12.7. The number of nitrogens with zero attached hydrogens (tertiary/aromatic N) is 3. The molecule has 0 aliphatic rings. The summed E-state index contributed by atoms with van der Waals surface area (Å²) < 4.78 is 14.3. The molecule has 0 atom stereocenters. The van der Waals surface area contributed by atoms with E-state index in [0.29, 0.717) is 11.6 Å². The maximum Gasteiger partial charge on any atom is 0.249 e. The maximum absolute atomic E-state index is 12.7. The third-order valence-electron chi connectivity index (χ3n) is 2.09. The molecule has 1 aromatic heterocycles. The lowest BCUT2D eigenvalue weighted by molar-refractivity contribution is 0.628. The van der Waals surface area contributed by atoms with Crippen molar-refractivity contribution in [1.29, 1.82) is 5.53 Å². The fourth-order valence-corrected chi connectivity index (χ4v) is 1.32. The van der Waals surface area contributed by atoms with Crippen molar-refractivity contribution in [1.82, 2.24) is 9.55 Å². The lowest BCUT2D eigenvalue weighted by Crippen LogP contribution is -1.81. The molecule has 2 aromatic rings. The number of aryl methyl sites for hydroxylation is 1. The van der Waals surface area contributed by atoms with Crippen molar-refractivity contribution in [2.75, 3.05) is 0 Å². The highest BCUT2D eigenvalue weighted by Gasteiger charge is 2.05. The lowest BCUT2D eigenvalue weighted by atomic mass is 10.2. The summed E-state index contributed by atoms with van der Waals surface area (Å²) in [7, 11) is 1.76. The molecular formula is C10H9FN4. The van der Waals surface area contributed by atoms with Crippen molar-refractivity contribution in [2.45, 2.75) is 0 Å². The van der Waals surface area contributed by atoms with Crippen LogP contribution in [0.1, 0.15) is 0 Å².